The van der Waals surface area contributed by atoms with Crippen molar-refractivity contribution in [1.82, 2.24) is 15.1 Å². The van der Waals surface area contributed by atoms with Crippen LogP contribution in [0.3, 0.4) is 0 Å². The van der Waals surface area contributed by atoms with Gasteiger partial charge in [-0.2, -0.15) is 5.10 Å². The number of hydrogen-bond donors (Lipinski definition) is 2. The topological polar surface area (TPSA) is 68.2 Å². The molecule has 1 aromatic heterocycles. The third-order valence-electron chi connectivity index (χ3n) is 6.13. The van der Waals surface area contributed by atoms with E-state index in [-0.39, 0.29) is 6.03 Å². The molecule has 0 aromatic carbocycles. The molecule has 1 aliphatic heterocycles. The van der Waals surface area contributed by atoms with Gasteiger partial charge in [0.2, 0.25) is 0 Å². The summed E-state index contributed by atoms with van der Waals surface area (Å²) in [7, 11) is 1.88. The van der Waals surface area contributed by atoms with Crippen molar-refractivity contribution in [3.8, 4) is 0 Å². The van der Waals surface area contributed by atoms with Crippen LogP contribution in [0.15, 0.2) is 6.07 Å². The average Bonchev–Trinajstić information content (AvgIpc) is 3.31. The van der Waals surface area contributed by atoms with E-state index in [1.165, 1.54) is 32.1 Å². The number of carbonyl (C=O) groups is 1. The SMILES string of the molecule is Cn1nc([C@H]2CCCOC2)cc1NC(=O)N[C@@H]1C[C@H]1C1CCCCC1. The van der Waals surface area contributed by atoms with Gasteiger partial charge in [0.15, 0.2) is 0 Å². The Balaban J connectivity index is 1.28. The molecule has 2 amide bonds. The minimum atomic E-state index is -0.0993. The summed E-state index contributed by atoms with van der Waals surface area (Å²) in [4.78, 5) is 12.3. The first-order valence-electron chi connectivity index (χ1n) is 9.90. The number of carbonyl (C=O) groups excluding carboxylic acids is 1. The Labute approximate surface area is 149 Å². The molecule has 0 radical (unpaired) electrons. The summed E-state index contributed by atoms with van der Waals surface area (Å²) in [5, 5.41) is 10.7. The third kappa shape index (κ3) is 4.00. The van der Waals surface area contributed by atoms with Crippen LogP contribution in [0.5, 0.6) is 0 Å². The number of nitrogens with zero attached hydrogens (tertiary/aromatic N) is 2. The van der Waals surface area contributed by atoms with Crippen LogP contribution in [0, 0.1) is 11.8 Å². The first-order valence-corrected chi connectivity index (χ1v) is 9.90. The minimum absolute atomic E-state index is 0.0993. The number of ether oxygens (including phenoxy) is 1. The lowest BCUT2D eigenvalue weighted by molar-refractivity contribution is 0.0791. The molecule has 4 rings (SSSR count). The highest BCUT2D eigenvalue weighted by Crippen LogP contribution is 2.44. The summed E-state index contributed by atoms with van der Waals surface area (Å²) >= 11 is 0. The minimum Gasteiger partial charge on any atom is -0.381 e. The Morgan fingerprint density at radius 2 is 2.08 bits per heavy atom. The van der Waals surface area contributed by atoms with Crippen LogP contribution < -0.4 is 10.6 Å². The van der Waals surface area contributed by atoms with Gasteiger partial charge in [0.05, 0.1) is 12.3 Å². The maximum Gasteiger partial charge on any atom is 0.320 e. The summed E-state index contributed by atoms with van der Waals surface area (Å²) < 4.78 is 7.31. The summed E-state index contributed by atoms with van der Waals surface area (Å²) in [5.41, 5.74) is 1.02. The van der Waals surface area contributed by atoms with Crippen molar-refractivity contribution in [3.05, 3.63) is 11.8 Å². The van der Waals surface area contributed by atoms with Crippen molar-refractivity contribution in [2.24, 2.45) is 18.9 Å². The second-order valence-electron chi connectivity index (χ2n) is 7.99. The fraction of sp³-hybridized carbons (Fsp3) is 0.789. The fourth-order valence-electron chi connectivity index (χ4n) is 4.56. The van der Waals surface area contributed by atoms with Gasteiger partial charge in [-0.25, -0.2) is 4.79 Å². The molecule has 2 aliphatic carbocycles. The Morgan fingerprint density at radius 3 is 2.84 bits per heavy atom. The molecular formula is C19H30N4O2. The molecule has 0 unspecified atom stereocenters. The molecular weight excluding hydrogens is 316 g/mol. The van der Waals surface area contributed by atoms with Crippen LogP contribution in [0.4, 0.5) is 10.6 Å². The number of amides is 2. The number of aryl methyl sites for hydroxylation is 1. The van der Waals surface area contributed by atoms with Crippen LogP contribution in [0.25, 0.3) is 0 Å². The quantitative estimate of drug-likeness (QED) is 0.878. The zero-order valence-electron chi connectivity index (χ0n) is 15.2. The second-order valence-corrected chi connectivity index (χ2v) is 7.99. The largest absolute Gasteiger partial charge is 0.381 e. The van der Waals surface area contributed by atoms with Gasteiger partial charge in [-0.3, -0.25) is 10.00 Å². The molecule has 1 saturated heterocycles. The van der Waals surface area contributed by atoms with Crippen molar-refractivity contribution in [3.63, 3.8) is 0 Å². The molecule has 3 atom stereocenters. The first-order chi connectivity index (χ1) is 12.2. The molecule has 2 N–H and O–H groups in total. The average molecular weight is 346 g/mol. The molecule has 6 nitrogen and oxygen atoms in total. The second kappa shape index (κ2) is 7.36. The summed E-state index contributed by atoms with van der Waals surface area (Å²) in [6.45, 7) is 1.58. The van der Waals surface area contributed by atoms with Gasteiger partial charge in [-0.1, -0.05) is 32.1 Å². The zero-order chi connectivity index (χ0) is 17.2. The maximum atomic E-state index is 12.3. The molecule has 0 spiro atoms. The van der Waals surface area contributed by atoms with Crippen LogP contribution in [0.2, 0.25) is 0 Å². The Morgan fingerprint density at radius 1 is 1.24 bits per heavy atom. The molecule has 6 heteroatoms. The van der Waals surface area contributed by atoms with Crippen molar-refractivity contribution >= 4 is 11.8 Å². The molecule has 0 bridgehead atoms. The normalized spacial score (nSPS) is 30.0. The van der Waals surface area contributed by atoms with Gasteiger partial charge < -0.3 is 10.1 Å². The lowest BCUT2D eigenvalue weighted by Crippen LogP contribution is -2.33. The zero-order valence-corrected chi connectivity index (χ0v) is 15.2. The Kier molecular flexibility index (Phi) is 4.97. The van der Waals surface area contributed by atoms with Crippen molar-refractivity contribution in [1.29, 1.82) is 0 Å². The molecule has 2 saturated carbocycles. The van der Waals surface area contributed by atoms with E-state index < -0.39 is 0 Å². The standard InChI is InChI=1S/C19H30N4O2/c1-23-18(11-16(22-23)14-8-5-9-25-12-14)21-19(24)20-17-10-15(17)13-6-3-2-4-7-13/h11,13-15,17H,2-10,12H2,1H3,(H2,20,21,24)/t14-,15-,17+/m0/s1. The molecule has 3 fully saturated rings. The predicted octanol–water partition coefficient (Wildman–Crippen LogP) is 3.40. The van der Waals surface area contributed by atoms with Crippen LogP contribution in [0.1, 0.15) is 63.0 Å². The van der Waals surface area contributed by atoms with E-state index >= 15 is 0 Å². The third-order valence-corrected chi connectivity index (χ3v) is 6.13. The van der Waals surface area contributed by atoms with Crippen LogP contribution >= 0.6 is 0 Å². The maximum absolute atomic E-state index is 12.3. The molecule has 1 aromatic rings. The number of urea groups is 1. The number of nitrogens with one attached hydrogen (secondary N) is 2. The molecule has 2 heterocycles. The van der Waals surface area contributed by atoms with Crippen LogP contribution in [-0.2, 0) is 11.8 Å². The predicted molar refractivity (Wildman–Crippen MR) is 96.6 cm³/mol. The van der Waals surface area contributed by atoms with E-state index in [1.807, 2.05) is 13.1 Å². The van der Waals surface area contributed by atoms with Crippen molar-refractivity contribution in [2.75, 3.05) is 18.5 Å². The van der Waals surface area contributed by atoms with Gasteiger partial charge in [-0.05, 0) is 31.1 Å². The summed E-state index contributed by atoms with van der Waals surface area (Å²) in [6.07, 6.45) is 10.1. The number of rotatable bonds is 4. The van der Waals surface area contributed by atoms with E-state index in [0.29, 0.717) is 17.9 Å². The summed E-state index contributed by atoms with van der Waals surface area (Å²) in [6, 6.07) is 2.25. The van der Waals surface area contributed by atoms with Crippen LogP contribution in [-0.4, -0.2) is 35.1 Å². The van der Waals surface area contributed by atoms with Crippen molar-refractivity contribution < 1.29 is 9.53 Å². The first kappa shape index (κ1) is 16.9. The highest BCUT2D eigenvalue weighted by molar-refractivity contribution is 5.88. The Hall–Kier alpha value is -1.56. The van der Waals surface area contributed by atoms with Gasteiger partial charge in [0.1, 0.15) is 5.82 Å². The summed E-state index contributed by atoms with van der Waals surface area (Å²) in [5.74, 6) is 2.63. The van der Waals surface area contributed by atoms with E-state index in [4.69, 9.17) is 4.74 Å². The number of aromatic nitrogens is 2. The van der Waals surface area contributed by atoms with Crippen molar-refractivity contribution in [2.45, 2.75) is 63.3 Å². The lowest BCUT2D eigenvalue weighted by atomic mass is 9.85. The fourth-order valence-corrected chi connectivity index (χ4v) is 4.56. The molecule has 138 valence electrons. The Bertz CT molecular complexity index is 603. The lowest BCUT2D eigenvalue weighted by Gasteiger charge is -2.21. The van der Waals surface area contributed by atoms with E-state index in [9.17, 15) is 4.79 Å². The van der Waals surface area contributed by atoms with E-state index in [2.05, 4.69) is 15.7 Å². The van der Waals surface area contributed by atoms with Gasteiger partial charge in [0, 0.05) is 31.7 Å². The van der Waals surface area contributed by atoms with Gasteiger partial charge in [-0.15, -0.1) is 0 Å². The number of anilines is 1. The smallest absolute Gasteiger partial charge is 0.320 e. The van der Waals surface area contributed by atoms with E-state index in [0.717, 1.165) is 49.9 Å². The van der Waals surface area contributed by atoms with Gasteiger partial charge >= 0.3 is 6.03 Å². The number of hydrogen-bond acceptors (Lipinski definition) is 3. The van der Waals surface area contributed by atoms with Gasteiger partial charge in [0.25, 0.3) is 0 Å². The molecule has 3 aliphatic rings. The highest BCUT2D eigenvalue weighted by Gasteiger charge is 2.43. The van der Waals surface area contributed by atoms with E-state index in [1.54, 1.807) is 4.68 Å². The highest BCUT2D eigenvalue weighted by atomic mass is 16.5. The monoisotopic (exact) mass is 346 g/mol. The molecule has 25 heavy (non-hydrogen) atoms.